The number of hydrogen-bond acceptors (Lipinski definition) is 3. The van der Waals surface area contributed by atoms with Gasteiger partial charge in [-0.3, -0.25) is 0 Å². The van der Waals surface area contributed by atoms with Gasteiger partial charge in [0.2, 0.25) is 0 Å². The van der Waals surface area contributed by atoms with Crippen molar-refractivity contribution in [2.75, 3.05) is 13.2 Å². The minimum atomic E-state index is -0.358. The highest BCUT2D eigenvalue weighted by Gasteiger charge is 2.12. The molecular formula is C17H17FN2O3. The lowest BCUT2D eigenvalue weighted by atomic mass is 10.2. The summed E-state index contributed by atoms with van der Waals surface area (Å²) in [7, 11) is 0. The van der Waals surface area contributed by atoms with Gasteiger partial charge in [0, 0.05) is 18.7 Å². The Morgan fingerprint density at radius 3 is 2.57 bits per heavy atom. The predicted molar refractivity (Wildman–Crippen MR) is 82.9 cm³/mol. The van der Waals surface area contributed by atoms with Gasteiger partial charge in [-0.25, -0.2) is 9.18 Å². The van der Waals surface area contributed by atoms with Gasteiger partial charge in [-0.1, -0.05) is 24.3 Å². The van der Waals surface area contributed by atoms with E-state index in [1.54, 1.807) is 18.2 Å². The fraction of sp³-hybridized carbons (Fsp3) is 0.235. The SMILES string of the molecule is O=C(NCc1ccc2c(c1)OCCO2)NCc1ccccc1F. The Labute approximate surface area is 133 Å². The molecule has 3 rings (SSSR count). The number of benzene rings is 2. The van der Waals surface area contributed by atoms with Crippen LogP contribution >= 0.6 is 0 Å². The molecule has 1 aliphatic rings. The van der Waals surface area contributed by atoms with Gasteiger partial charge in [-0.05, 0) is 23.8 Å². The Morgan fingerprint density at radius 1 is 1.00 bits per heavy atom. The first-order valence-electron chi connectivity index (χ1n) is 7.36. The lowest BCUT2D eigenvalue weighted by Crippen LogP contribution is -2.34. The molecule has 0 spiro atoms. The molecule has 2 aromatic rings. The van der Waals surface area contributed by atoms with Gasteiger partial charge in [0.15, 0.2) is 11.5 Å². The van der Waals surface area contributed by atoms with E-state index in [1.807, 2.05) is 18.2 Å². The number of nitrogens with one attached hydrogen (secondary N) is 2. The van der Waals surface area contributed by atoms with Crippen LogP contribution in [0, 0.1) is 5.82 Å². The van der Waals surface area contributed by atoms with E-state index in [9.17, 15) is 9.18 Å². The highest BCUT2D eigenvalue weighted by molar-refractivity contribution is 5.73. The summed E-state index contributed by atoms with van der Waals surface area (Å²) in [5.74, 6) is 1.06. The monoisotopic (exact) mass is 316 g/mol. The van der Waals surface area contributed by atoms with Crippen molar-refractivity contribution in [1.29, 1.82) is 0 Å². The molecule has 0 saturated carbocycles. The quantitative estimate of drug-likeness (QED) is 0.911. The maximum absolute atomic E-state index is 13.5. The van der Waals surface area contributed by atoms with Crippen LogP contribution in [0.3, 0.4) is 0 Å². The third kappa shape index (κ3) is 3.91. The lowest BCUT2D eigenvalue weighted by molar-refractivity contribution is 0.171. The highest BCUT2D eigenvalue weighted by Crippen LogP contribution is 2.30. The standard InChI is InChI=1S/C17H17FN2O3/c18-14-4-2-1-3-13(14)11-20-17(21)19-10-12-5-6-15-16(9-12)23-8-7-22-15/h1-6,9H,7-8,10-11H2,(H2,19,20,21). The third-order valence-electron chi connectivity index (χ3n) is 3.46. The zero-order valence-corrected chi connectivity index (χ0v) is 12.5. The van der Waals surface area contributed by atoms with Crippen LogP contribution in [0.5, 0.6) is 11.5 Å². The normalized spacial score (nSPS) is 12.6. The number of fused-ring (bicyclic) bond motifs is 1. The van der Waals surface area contributed by atoms with Crippen LogP contribution in [0.2, 0.25) is 0 Å². The summed E-state index contributed by atoms with van der Waals surface area (Å²) >= 11 is 0. The Kier molecular flexibility index (Phi) is 4.61. The van der Waals surface area contributed by atoms with Crippen LogP contribution in [-0.2, 0) is 13.1 Å². The second-order valence-electron chi connectivity index (χ2n) is 5.11. The van der Waals surface area contributed by atoms with Gasteiger partial charge >= 0.3 is 6.03 Å². The molecule has 2 N–H and O–H groups in total. The number of rotatable bonds is 4. The van der Waals surface area contributed by atoms with E-state index in [0.29, 0.717) is 36.8 Å². The topological polar surface area (TPSA) is 59.6 Å². The molecule has 23 heavy (non-hydrogen) atoms. The van der Waals surface area contributed by atoms with Crippen LogP contribution in [-0.4, -0.2) is 19.2 Å². The van der Waals surface area contributed by atoms with Crippen molar-refractivity contribution in [2.45, 2.75) is 13.1 Å². The van der Waals surface area contributed by atoms with Crippen LogP contribution in [0.4, 0.5) is 9.18 Å². The molecule has 0 radical (unpaired) electrons. The van der Waals surface area contributed by atoms with Crippen LogP contribution in [0.1, 0.15) is 11.1 Å². The van der Waals surface area contributed by atoms with Gasteiger partial charge in [-0.15, -0.1) is 0 Å². The summed E-state index contributed by atoms with van der Waals surface area (Å²) in [6.07, 6.45) is 0. The molecule has 0 atom stereocenters. The molecule has 6 heteroatoms. The van der Waals surface area contributed by atoms with E-state index < -0.39 is 0 Å². The highest BCUT2D eigenvalue weighted by atomic mass is 19.1. The Bertz CT molecular complexity index is 706. The molecule has 0 saturated heterocycles. The van der Waals surface area contributed by atoms with E-state index in [1.165, 1.54) is 6.07 Å². The Balaban J connectivity index is 1.50. The van der Waals surface area contributed by atoms with Gasteiger partial charge in [0.25, 0.3) is 0 Å². The molecule has 0 aromatic heterocycles. The first kappa shape index (κ1) is 15.1. The van der Waals surface area contributed by atoms with E-state index >= 15 is 0 Å². The maximum atomic E-state index is 13.5. The van der Waals surface area contributed by atoms with Crippen LogP contribution in [0.25, 0.3) is 0 Å². The van der Waals surface area contributed by atoms with E-state index in [-0.39, 0.29) is 18.4 Å². The van der Waals surface area contributed by atoms with Crippen molar-refractivity contribution in [3.05, 3.63) is 59.4 Å². The fourth-order valence-electron chi connectivity index (χ4n) is 2.26. The first-order valence-corrected chi connectivity index (χ1v) is 7.36. The number of carbonyl (C=O) groups excluding carboxylic acids is 1. The molecule has 0 fully saturated rings. The number of ether oxygens (including phenoxy) is 2. The smallest absolute Gasteiger partial charge is 0.315 e. The molecule has 2 aromatic carbocycles. The van der Waals surface area contributed by atoms with Crippen LogP contribution < -0.4 is 20.1 Å². The second kappa shape index (κ2) is 7.00. The van der Waals surface area contributed by atoms with Crippen molar-refractivity contribution in [1.82, 2.24) is 10.6 Å². The fourth-order valence-corrected chi connectivity index (χ4v) is 2.26. The molecule has 0 unspecified atom stereocenters. The van der Waals surface area contributed by atoms with Gasteiger partial charge in [0.1, 0.15) is 19.0 Å². The molecular weight excluding hydrogens is 299 g/mol. The number of urea groups is 1. The van der Waals surface area contributed by atoms with Crippen molar-refractivity contribution in [3.8, 4) is 11.5 Å². The minimum absolute atomic E-state index is 0.139. The first-order chi connectivity index (χ1) is 11.2. The summed E-state index contributed by atoms with van der Waals surface area (Å²) in [6, 6.07) is 11.5. The zero-order chi connectivity index (χ0) is 16.1. The third-order valence-corrected chi connectivity index (χ3v) is 3.46. The second-order valence-corrected chi connectivity index (χ2v) is 5.11. The summed E-state index contributed by atoms with van der Waals surface area (Å²) in [5.41, 5.74) is 1.34. The number of hydrogen-bond donors (Lipinski definition) is 2. The molecule has 0 aliphatic carbocycles. The molecule has 1 aliphatic heterocycles. The van der Waals surface area contributed by atoms with Crippen molar-refractivity contribution >= 4 is 6.03 Å². The van der Waals surface area contributed by atoms with Gasteiger partial charge < -0.3 is 20.1 Å². The molecule has 2 amide bonds. The van der Waals surface area contributed by atoms with Crippen molar-refractivity contribution in [2.24, 2.45) is 0 Å². The van der Waals surface area contributed by atoms with E-state index in [0.717, 1.165) is 5.56 Å². The average Bonchev–Trinajstić information content (AvgIpc) is 2.59. The average molecular weight is 316 g/mol. The molecule has 0 bridgehead atoms. The number of carbonyl (C=O) groups is 1. The van der Waals surface area contributed by atoms with E-state index in [2.05, 4.69) is 10.6 Å². The summed E-state index contributed by atoms with van der Waals surface area (Å²) in [6.45, 7) is 1.55. The number of amides is 2. The Hall–Kier alpha value is -2.76. The summed E-state index contributed by atoms with van der Waals surface area (Å²) in [5, 5.41) is 5.35. The molecule has 120 valence electrons. The summed E-state index contributed by atoms with van der Waals surface area (Å²) in [4.78, 5) is 11.8. The summed E-state index contributed by atoms with van der Waals surface area (Å²) < 4.78 is 24.4. The van der Waals surface area contributed by atoms with Crippen LogP contribution in [0.15, 0.2) is 42.5 Å². The largest absolute Gasteiger partial charge is 0.486 e. The Morgan fingerprint density at radius 2 is 1.74 bits per heavy atom. The molecule has 1 heterocycles. The lowest BCUT2D eigenvalue weighted by Gasteiger charge is -2.19. The van der Waals surface area contributed by atoms with Gasteiger partial charge in [-0.2, -0.15) is 0 Å². The predicted octanol–water partition coefficient (Wildman–Crippen LogP) is 2.60. The van der Waals surface area contributed by atoms with Crippen molar-refractivity contribution in [3.63, 3.8) is 0 Å². The van der Waals surface area contributed by atoms with Crippen molar-refractivity contribution < 1.29 is 18.7 Å². The maximum Gasteiger partial charge on any atom is 0.315 e. The van der Waals surface area contributed by atoms with Gasteiger partial charge in [0.05, 0.1) is 0 Å². The number of halogens is 1. The molecule has 5 nitrogen and oxygen atoms in total. The van der Waals surface area contributed by atoms with E-state index in [4.69, 9.17) is 9.47 Å². The zero-order valence-electron chi connectivity index (χ0n) is 12.5. The minimum Gasteiger partial charge on any atom is -0.486 e.